The second-order valence-corrected chi connectivity index (χ2v) is 4.20. The molecule has 66 valence electrons. The van der Waals surface area contributed by atoms with E-state index in [4.69, 9.17) is 0 Å². The third-order valence-electron chi connectivity index (χ3n) is 1.42. The van der Waals surface area contributed by atoms with E-state index in [0.29, 0.717) is 13.7 Å². The quantitative estimate of drug-likeness (QED) is 0.557. The maximum absolute atomic E-state index is 12.3. The third-order valence-corrected chi connectivity index (χ3v) is 2.80. The highest BCUT2D eigenvalue weighted by atomic mass is 127. The van der Waals surface area contributed by atoms with Gasteiger partial charge in [0.25, 0.3) is 6.43 Å². The van der Waals surface area contributed by atoms with E-state index >= 15 is 0 Å². The minimum atomic E-state index is -2.50. The summed E-state index contributed by atoms with van der Waals surface area (Å²) in [6.07, 6.45) is -2.50. The van der Waals surface area contributed by atoms with Crippen LogP contribution >= 0.6 is 38.5 Å². The van der Waals surface area contributed by atoms with Gasteiger partial charge in [0.2, 0.25) is 0 Å². The molecule has 0 amide bonds. The van der Waals surface area contributed by atoms with Gasteiger partial charge < -0.3 is 0 Å². The van der Waals surface area contributed by atoms with Crippen molar-refractivity contribution in [3.8, 4) is 0 Å². The fourth-order valence-corrected chi connectivity index (χ4v) is 2.20. The average molecular weight is 348 g/mol. The molecule has 0 radical (unpaired) electrons. The fraction of sp³-hybridized carbons (Fsp3) is 0.286. The molecule has 12 heavy (non-hydrogen) atoms. The zero-order valence-electron chi connectivity index (χ0n) is 6.11. The largest absolute Gasteiger partial charge is 0.280 e. The molecule has 0 saturated carbocycles. The number of nitrogens with zero attached hydrogens (tertiary/aromatic N) is 1. The lowest BCUT2D eigenvalue weighted by Gasteiger charge is -2.05. The van der Waals surface area contributed by atoms with E-state index in [2.05, 4.69) is 20.9 Å². The number of halogens is 4. The molecule has 1 heterocycles. The normalized spacial score (nSPS) is 10.8. The van der Waals surface area contributed by atoms with Crippen LogP contribution in [0.3, 0.4) is 0 Å². The molecule has 0 aliphatic rings. The number of aromatic nitrogens is 1. The Kier molecular flexibility index (Phi) is 3.39. The van der Waals surface area contributed by atoms with Crippen LogP contribution in [0.1, 0.15) is 17.7 Å². The van der Waals surface area contributed by atoms with Gasteiger partial charge in [-0.05, 0) is 41.1 Å². The maximum atomic E-state index is 12.3. The van der Waals surface area contributed by atoms with Crippen molar-refractivity contribution >= 4 is 38.5 Å². The van der Waals surface area contributed by atoms with Gasteiger partial charge in [0.15, 0.2) is 0 Å². The predicted molar refractivity (Wildman–Crippen MR) is 54.3 cm³/mol. The molecule has 0 unspecified atom stereocenters. The van der Waals surface area contributed by atoms with Crippen LogP contribution in [0.4, 0.5) is 8.78 Å². The van der Waals surface area contributed by atoms with E-state index in [1.54, 1.807) is 13.0 Å². The van der Waals surface area contributed by atoms with E-state index in [1.165, 1.54) is 0 Å². The predicted octanol–water partition coefficient (Wildman–Crippen LogP) is 3.69. The minimum absolute atomic E-state index is 0.145. The van der Waals surface area contributed by atoms with E-state index in [0.717, 1.165) is 0 Å². The zero-order chi connectivity index (χ0) is 9.30. The molecular formula is C7H5BrF2IN. The Morgan fingerprint density at radius 1 is 1.58 bits per heavy atom. The number of alkyl halides is 2. The molecule has 0 atom stereocenters. The van der Waals surface area contributed by atoms with Gasteiger partial charge in [-0.25, -0.2) is 13.8 Å². The van der Waals surface area contributed by atoms with Gasteiger partial charge in [0, 0.05) is 4.47 Å². The monoisotopic (exact) mass is 347 g/mol. The molecule has 1 nitrogen and oxygen atoms in total. The van der Waals surface area contributed by atoms with Crippen molar-refractivity contribution in [3.63, 3.8) is 0 Å². The van der Waals surface area contributed by atoms with Crippen molar-refractivity contribution in [1.29, 1.82) is 0 Å². The molecule has 5 heteroatoms. The van der Waals surface area contributed by atoms with E-state index < -0.39 is 6.43 Å². The van der Waals surface area contributed by atoms with Gasteiger partial charge in [-0.15, -0.1) is 0 Å². The summed E-state index contributed by atoms with van der Waals surface area (Å²) in [5.74, 6) is 0. The Labute approximate surface area is 90.8 Å². The van der Waals surface area contributed by atoms with Crippen LogP contribution in [0.15, 0.2) is 10.5 Å². The van der Waals surface area contributed by atoms with Gasteiger partial charge in [0.05, 0.1) is 0 Å². The molecular weight excluding hydrogens is 343 g/mol. The first-order chi connectivity index (χ1) is 5.52. The third kappa shape index (κ3) is 2.12. The molecule has 0 aliphatic heterocycles. The Morgan fingerprint density at radius 2 is 2.17 bits per heavy atom. The summed E-state index contributed by atoms with van der Waals surface area (Å²) in [7, 11) is 0. The minimum Gasteiger partial charge on any atom is -0.241 e. The van der Waals surface area contributed by atoms with Gasteiger partial charge in [-0.3, -0.25) is 0 Å². The molecule has 0 spiro atoms. The topological polar surface area (TPSA) is 12.9 Å². The Bertz CT molecular complexity index is 304. The lowest BCUT2D eigenvalue weighted by atomic mass is 10.2. The van der Waals surface area contributed by atoms with Crippen molar-refractivity contribution in [1.82, 2.24) is 4.98 Å². The number of hydrogen-bond acceptors (Lipinski definition) is 1. The molecule has 1 aromatic heterocycles. The van der Waals surface area contributed by atoms with Crippen LogP contribution in [0.25, 0.3) is 0 Å². The van der Waals surface area contributed by atoms with Gasteiger partial charge in [-0.2, -0.15) is 0 Å². The summed E-state index contributed by atoms with van der Waals surface area (Å²) in [6.45, 7) is 1.62. The lowest BCUT2D eigenvalue weighted by molar-refractivity contribution is 0.145. The molecule has 0 aromatic carbocycles. The van der Waals surface area contributed by atoms with Crippen molar-refractivity contribution in [2.75, 3.05) is 0 Å². The highest BCUT2D eigenvalue weighted by Gasteiger charge is 2.14. The molecule has 0 aliphatic carbocycles. The molecule has 0 bridgehead atoms. The second-order valence-electron chi connectivity index (χ2n) is 2.24. The van der Waals surface area contributed by atoms with Crippen molar-refractivity contribution in [2.45, 2.75) is 13.3 Å². The van der Waals surface area contributed by atoms with Crippen LogP contribution in [-0.2, 0) is 0 Å². The molecule has 1 aromatic rings. The Morgan fingerprint density at radius 3 is 2.67 bits per heavy atom. The van der Waals surface area contributed by atoms with Crippen molar-refractivity contribution in [2.24, 2.45) is 0 Å². The molecule has 0 fully saturated rings. The summed E-state index contributed by atoms with van der Waals surface area (Å²) < 4.78 is 25.9. The fourth-order valence-electron chi connectivity index (χ4n) is 0.779. The summed E-state index contributed by atoms with van der Waals surface area (Å²) in [4.78, 5) is 3.74. The van der Waals surface area contributed by atoms with Gasteiger partial charge in [0.1, 0.15) is 9.39 Å². The maximum Gasteiger partial charge on any atom is 0.280 e. The standard InChI is InChI=1S/C7H5BrF2IN/c1-3-4(8)2-5(11)12-6(3)7(9)10/h2,7H,1H3. The summed E-state index contributed by atoms with van der Waals surface area (Å²) >= 11 is 5.09. The van der Waals surface area contributed by atoms with Gasteiger partial charge >= 0.3 is 0 Å². The highest BCUT2D eigenvalue weighted by molar-refractivity contribution is 14.1. The van der Waals surface area contributed by atoms with Crippen LogP contribution in [0.2, 0.25) is 0 Å². The highest BCUT2D eigenvalue weighted by Crippen LogP contribution is 2.27. The Hall–Kier alpha value is 0.220. The van der Waals surface area contributed by atoms with Crippen LogP contribution < -0.4 is 0 Å². The number of hydrogen-bond donors (Lipinski definition) is 0. The van der Waals surface area contributed by atoms with Crippen molar-refractivity contribution in [3.05, 3.63) is 25.5 Å². The van der Waals surface area contributed by atoms with E-state index in [1.807, 2.05) is 22.6 Å². The lowest BCUT2D eigenvalue weighted by Crippen LogP contribution is -1.97. The summed E-state index contributed by atoms with van der Waals surface area (Å²) in [5.41, 5.74) is 0.360. The van der Waals surface area contributed by atoms with Crippen molar-refractivity contribution < 1.29 is 8.78 Å². The smallest absolute Gasteiger partial charge is 0.241 e. The SMILES string of the molecule is Cc1c(Br)cc(I)nc1C(F)F. The van der Waals surface area contributed by atoms with Crippen LogP contribution in [-0.4, -0.2) is 4.98 Å². The average Bonchev–Trinajstić information content (AvgIpc) is 1.96. The Balaban J connectivity index is 3.28. The molecule has 0 N–H and O–H groups in total. The molecule has 0 saturated heterocycles. The van der Waals surface area contributed by atoms with Crippen LogP contribution in [0.5, 0.6) is 0 Å². The van der Waals surface area contributed by atoms with Crippen LogP contribution in [0, 0.1) is 10.6 Å². The van der Waals surface area contributed by atoms with E-state index in [9.17, 15) is 8.78 Å². The first-order valence-electron chi connectivity index (χ1n) is 3.13. The zero-order valence-corrected chi connectivity index (χ0v) is 9.86. The second kappa shape index (κ2) is 3.95. The summed E-state index contributed by atoms with van der Waals surface area (Å²) in [5, 5.41) is 0. The van der Waals surface area contributed by atoms with Gasteiger partial charge in [-0.1, -0.05) is 15.9 Å². The number of pyridine rings is 1. The first kappa shape index (κ1) is 10.3. The molecule has 1 rings (SSSR count). The van der Waals surface area contributed by atoms with E-state index in [-0.39, 0.29) is 5.69 Å². The summed E-state index contributed by atoms with van der Waals surface area (Å²) in [6, 6.07) is 1.71. The number of rotatable bonds is 1. The first-order valence-corrected chi connectivity index (χ1v) is 5.00.